The molecule has 0 unspecified atom stereocenters. The van der Waals surface area contributed by atoms with Gasteiger partial charge in [0.15, 0.2) is 6.67 Å². The Morgan fingerprint density at radius 3 is 2.94 bits per heavy atom. The van der Waals surface area contributed by atoms with Crippen molar-refractivity contribution in [2.24, 2.45) is 15.3 Å². The van der Waals surface area contributed by atoms with E-state index in [-0.39, 0.29) is 0 Å². The normalized spacial score (nSPS) is 18.1. The molecule has 6 nitrogen and oxygen atoms in total. The largest absolute Gasteiger partial charge is 0.271 e. The van der Waals surface area contributed by atoms with E-state index in [1.807, 2.05) is 41.6 Å². The predicted molar refractivity (Wildman–Crippen MR) is 67.3 cm³/mol. The number of aromatic nitrogens is 1. The molecular formula is C12H12N6. The molecule has 1 aromatic rings. The van der Waals surface area contributed by atoms with Gasteiger partial charge < -0.3 is 0 Å². The van der Waals surface area contributed by atoms with Gasteiger partial charge in [-0.1, -0.05) is 18.2 Å². The quantitative estimate of drug-likeness (QED) is 0.791. The van der Waals surface area contributed by atoms with Crippen LogP contribution < -0.4 is 0 Å². The fourth-order valence-corrected chi connectivity index (χ4v) is 1.68. The van der Waals surface area contributed by atoms with Crippen LogP contribution in [0.4, 0.5) is 0 Å². The van der Waals surface area contributed by atoms with Crippen LogP contribution in [0, 0.1) is 0 Å². The molecule has 0 atom stereocenters. The monoisotopic (exact) mass is 240 g/mol. The lowest BCUT2D eigenvalue weighted by Crippen LogP contribution is -2.38. The van der Waals surface area contributed by atoms with Gasteiger partial charge in [-0.3, -0.25) is 9.99 Å². The van der Waals surface area contributed by atoms with E-state index in [0.717, 1.165) is 12.2 Å². The van der Waals surface area contributed by atoms with Crippen LogP contribution in [0.3, 0.4) is 0 Å². The molecule has 0 bridgehead atoms. The Morgan fingerprint density at radius 2 is 2.17 bits per heavy atom. The van der Waals surface area contributed by atoms with Crippen molar-refractivity contribution in [3.05, 3.63) is 54.5 Å². The van der Waals surface area contributed by atoms with E-state index in [9.17, 15) is 0 Å². The van der Waals surface area contributed by atoms with E-state index in [4.69, 9.17) is 0 Å². The van der Waals surface area contributed by atoms with Crippen LogP contribution in [0.15, 0.2) is 64.2 Å². The molecule has 0 N–H and O–H groups in total. The van der Waals surface area contributed by atoms with Gasteiger partial charge in [-0.25, -0.2) is 0 Å². The molecule has 1 aromatic heterocycles. The minimum absolute atomic E-state index is 0.425. The minimum Gasteiger partial charge on any atom is -0.271 e. The van der Waals surface area contributed by atoms with E-state index >= 15 is 0 Å². The molecule has 0 aliphatic carbocycles. The highest BCUT2D eigenvalue weighted by Crippen LogP contribution is 2.11. The molecule has 2 aliphatic heterocycles. The summed E-state index contributed by atoms with van der Waals surface area (Å²) in [5.41, 5.74) is 0.725. The number of hydrogen-bond acceptors (Lipinski definition) is 6. The number of hydrogen-bond donors (Lipinski definition) is 0. The summed E-state index contributed by atoms with van der Waals surface area (Å²) in [7, 11) is 0. The smallest absolute Gasteiger partial charge is 0.221 e. The van der Waals surface area contributed by atoms with Gasteiger partial charge >= 0.3 is 0 Å². The highest BCUT2D eigenvalue weighted by atomic mass is 15.8. The molecule has 0 aromatic carbocycles. The first-order chi connectivity index (χ1) is 8.93. The summed E-state index contributed by atoms with van der Waals surface area (Å²) in [6.07, 6.45) is 9.70. The standard InChI is InChI=1S/C12H12N6/c1-4-8-17(9-5-1)18-10-14-15-12(16-18)11-6-2-3-7-13-11/h1-8H,9-10H2. The Bertz CT molecular complexity index is 531. The summed E-state index contributed by atoms with van der Waals surface area (Å²) >= 11 is 0. The first kappa shape index (κ1) is 10.6. The molecular weight excluding hydrogens is 228 g/mol. The highest BCUT2D eigenvalue weighted by molar-refractivity contribution is 5.97. The number of hydrazone groups is 1. The van der Waals surface area contributed by atoms with E-state index in [1.54, 1.807) is 11.3 Å². The molecule has 0 radical (unpaired) electrons. The third-order valence-electron chi connectivity index (χ3n) is 2.55. The second-order valence-corrected chi connectivity index (χ2v) is 3.79. The van der Waals surface area contributed by atoms with Gasteiger partial charge in [-0.05, 0) is 18.2 Å². The summed E-state index contributed by atoms with van der Waals surface area (Å²) in [5.74, 6) is 0.532. The molecule has 3 rings (SSSR count). The highest BCUT2D eigenvalue weighted by Gasteiger charge is 2.16. The van der Waals surface area contributed by atoms with E-state index in [2.05, 4.69) is 26.4 Å². The van der Waals surface area contributed by atoms with Gasteiger partial charge in [0, 0.05) is 12.4 Å². The second kappa shape index (κ2) is 4.79. The zero-order valence-corrected chi connectivity index (χ0v) is 9.72. The maximum absolute atomic E-state index is 4.44. The molecule has 18 heavy (non-hydrogen) atoms. The van der Waals surface area contributed by atoms with Crippen LogP contribution in [-0.4, -0.2) is 34.2 Å². The van der Waals surface area contributed by atoms with Crippen molar-refractivity contribution in [2.75, 3.05) is 13.2 Å². The zero-order valence-electron chi connectivity index (χ0n) is 9.72. The Morgan fingerprint density at radius 1 is 1.17 bits per heavy atom. The van der Waals surface area contributed by atoms with Gasteiger partial charge in [0.25, 0.3) is 0 Å². The van der Waals surface area contributed by atoms with Gasteiger partial charge in [-0.15, -0.1) is 10.2 Å². The van der Waals surface area contributed by atoms with E-state index in [0.29, 0.717) is 12.5 Å². The van der Waals surface area contributed by atoms with Gasteiger partial charge in [0.05, 0.1) is 6.54 Å². The third kappa shape index (κ3) is 2.13. The Kier molecular flexibility index (Phi) is 2.83. The number of nitrogens with zero attached hydrogens (tertiary/aromatic N) is 6. The Labute approximate surface area is 105 Å². The molecule has 90 valence electrons. The third-order valence-corrected chi connectivity index (χ3v) is 2.55. The number of hydrazine groups is 1. The number of allylic oxidation sites excluding steroid dienone is 2. The summed E-state index contributed by atoms with van der Waals surface area (Å²) in [4.78, 5) is 4.22. The number of rotatable bonds is 2. The lowest BCUT2D eigenvalue weighted by Gasteiger charge is -2.31. The van der Waals surface area contributed by atoms with Crippen molar-refractivity contribution in [3.8, 4) is 0 Å². The average Bonchev–Trinajstić information content (AvgIpc) is 2.49. The molecule has 0 fully saturated rings. The van der Waals surface area contributed by atoms with Crippen molar-refractivity contribution in [1.29, 1.82) is 0 Å². The fraction of sp³-hybridized carbons (Fsp3) is 0.167. The SMILES string of the molecule is C1=CCN(N2CN=NC(c3ccccn3)=N2)C=C1. The molecule has 3 heterocycles. The van der Waals surface area contributed by atoms with Crippen LogP contribution in [0.2, 0.25) is 0 Å². The van der Waals surface area contributed by atoms with E-state index in [1.165, 1.54) is 0 Å². The summed E-state index contributed by atoms with van der Waals surface area (Å²) in [6, 6.07) is 5.64. The lowest BCUT2D eigenvalue weighted by molar-refractivity contribution is 0.0324. The molecule has 2 aliphatic rings. The maximum atomic E-state index is 4.44. The van der Waals surface area contributed by atoms with Crippen LogP contribution in [-0.2, 0) is 0 Å². The molecule has 0 saturated heterocycles. The first-order valence-corrected chi connectivity index (χ1v) is 5.68. The fourth-order valence-electron chi connectivity index (χ4n) is 1.68. The summed E-state index contributed by atoms with van der Waals surface area (Å²) in [6.45, 7) is 1.21. The lowest BCUT2D eigenvalue weighted by atomic mass is 10.3. The first-order valence-electron chi connectivity index (χ1n) is 5.68. The average molecular weight is 240 g/mol. The number of azo groups is 1. The van der Waals surface area contributed by atoms with Crippen molar-refractivity contribution in [1.82, 2.24) is 15.1 Å². The molecule has 0 spiro atoms. The van der Waals surface area contributed by atoms with Crippen LogP contribution in [0.25, 0.3) is 0 Å². The van der Waals surface area contributed by atoms with Crippen molar-refractivity contribution < 1.29 is 0 Å². The van der Waals surface area contributed by atoms with Gasteiger partial charge in [-0.2, -0.15) is 10.2 Å². The molecule has 0 saturated carbocycles. The minimum atomic E-state index is 0.425. The number of pyridine rings is 1. The van der Waals surface area contributed by atoms with Gasteiger partial charge in [0.1, 0.15) is 5.69 Å². The van der Waals surface area contributed by atoms with Crippen LogP contribution in [0.5, 0.6) is 0 Å². The molecule has 0 amide bonds. The topological polar surface area (TPSA) is 56.5 Å². The zero-order chi connectivity index (χ0) is 12.2. The van der Waals surface area contributed by atoms with Crippen molar-refractivity contribution in [2.45, 2.75) is 0 Å². The van der Waals surface area contributed by atoms with Crippen LogP contribution >= 0.6 is 0 Å². The van der Waals surface area contributed by atoms with Gasteiger partial charge in [0.2, 0.25) is 5.84 Å². The maximum Gasteiger partial charge on any atom is 0.221 e. The van der Waals surface area contributed by atoms with E-state index < -0.39 is 0 Å². The summed E-state index contributed by atoms with van der Waals surface area (Å²) in [5, 5.41) is 16.3. The Balaban J connectivity index is 1.83. The summed E-state index contributed by atoms with van der Waals surface area (Å²) < 4.78 is 0. The Hall–Kier alpha value is -2.50. The van der Waals surface area contributed by atoms with Crippen molar-refractivity contribution >= 4 is 5.84 Å². The molecule has 6 heteroatoms. The predicted octanol–water partition coefficient (Wildman–Crippen LogP) is 1.77. The second-order valence-electron chi connectivity index (χ2n) is 3.79. The van der Waals surface area contributed by atoms with Crippen LogP contribution in [0.1, 0.15) is 5.69 Å². The van der Waals surface area contributed by atoms with Crippen molar-refractivity contribution in [3.63, 3.8) is 0 Å². The number of amidine groups is 1.